The van der Waals surface area contributed by atoms with Crippen molar-refractivity contribution in [2.24, 2.45) is 12.5 Å². The second-order valence-electron chi connectivity index (χ2n) is 7.68. The summed E-state index contributed by atoms with van der Waals surface area (Å²) in [5, 5.41) is 2.61. The summed E-state index contributed by atoms with van der Waals surface area (Å²) in [7, 11) is 1.61. The Balaban J connectivity index is 2.39. The highest BCUT2D eigenvalue weighted by Crippen LogP contribution is 2.27. The molecule has 0 spiro atoms. The van der Waals surface area contributed by atoms with Gasteiger partial charge in [0.15, 0.2) is 0 Å². The van der Waals surface area contributed by atoms with Gasteiger partial charge in [-0.05, 0) is 51.5 Å². The van der Waals surface area contributed by atoms with Gasteiger partial charge >= 0.3 is 0 Å². The van der Waals surface area contributed by atoms with Crippen molar-refractivity contribution < 1.29 is 18.8 Å². The first-order chi connectivity index (χ1) is 13.9. The molecule has 0 fully saturated rings. The number of anilines is 1. The maximum Gasteiger partial charge on any atom is 0.272 e. The first-order valence-corrected chi connectivity index (χ1v) is 9.13. The summed E-state index contributed by atoms with van der Waals surface area (Å²) in [6.07, 6.45) is 5.31. The molecule has 2 rings (SSSR count). The molecule has 2 aromatic rings. The van der Waals surface area contributed by atoms with Crippen LogP contribution in [0.4, 0.5) is 15.8 Å². The molecule has 0 saturated heterocycles. The van der Waals surface area contributed by atoms with Gasteiger partial charge in [0, 0.05) is 30.3 Å². The zero-order valence-electron chi connectivity index (χ0n) is 17.5. The number of hydrogen-bond donors (Lipinski definition) is 1. The Hall–Kier alpha value is -3.71. The van der Waals surface area contributed by atoms with E-state index in [4.69, 9.17) is 13.0 Å². The number of nitrogens with zero attached hydrogens (tertiary/aromatic N) is 2. The van der Waals surface area contributed by atoms with E-state index in [1.165, 1.54) is 16.7 Å². The monoisotopic (exact) mass is 407 g/mol. The molecule has 1 aromatic heterocycles. The number of ketones is 2. The van der Waals surface area contributed by atoms with Crippen LogP contribution < -0.4 is 5.32 Å². The molecule has 154 valence electrons. The molecule has 0 unspecified atom stereocenters. The summed E-state index contributed by atoms with van der Waals surface area (Å²) in [5.74, 6) is -0.0548. The maximum absolute atomic E-state index is 13.5. The van der Waals surface area contributed by atoms with Crippen molar-refractivity contribution in [2.45, 2.75) is 34.1 Å². The van der Waals surface area contributed by atoms with Gasteiger partial charge in [-0.1, -0.05) is 0 Å². The lowest BCUT2D eigenvalue weighted by Crippen LogP contribution is -2.23. The Labute approximate surface area is 174 Å². The molecule has 0 saturated carbocycles. The fourth-order valence-electron chi connectivity index (χ4n) is 3.17. The Morgan fingerprint density at radius 3 is 2.50 bits per heavy atom. The molecule has 0 atom stereocenters. The number of halogens is 1. The van der Waals surface area contributed by atoms with Crippen LogP contribution in [-0.4, -0.2) is 22.0 Å². The molecule has 0 bridgehead atoms. The first-order valence-electron chi connectivity index (χ1n) is 9.13. The summed E-state index contributed by atoms with van der Waals surface area (Å²) in [6.45, 7) is 13.6. The summed E-state index contributed by atoms with van der Waals surface area (Å²) in [5.41, 5.74) is 0.449. The molecule has 6 nitrogen and oxygen atoms in total. The SMILES string of the molecule is [C-]#[N+]c1cc(NC(=O)c2c(C)c(C(=O)C(=O)CC(C)(C)C#C)c(C)n2C)ccc1F. The molecule has 30 heavy (non-hydrogen) atoms. The van der Waals surface area contributed by atoms with Gasteiger partial charge in [-0.3, -0.25) is 14.4 Å². The quantitative estimate of drug-likeness (QED) is 0.334. The number of nitrogens with one attached hydrogen (secondary N) is 1. The van der Waals surface area contributed by atoms with Gasteiger partial charge in [0.05, 0.1) is 12.1 Å². The third-order valence-electron chi connectivity index (χ3n) is 4.94. The van der Waals surface area contributed by atoms with Crippen LogP contribution in [0.2, 0.25) is 0 Å². The number of terminal acetylenes is 1. The molecule has 1 amide bonds. The molecule has 1 aromatic carbocycles. The molecular formula is C23H22FN3O3. The zero-order chi connectivity index (χ0) is 22.8. The van der Waals surface area contributed by atoms with Crippen molar-refractivity contribution in [3.8, 4) is 12.3 Å². The van der Waals surface area contributed by atoms with E-state index in [0.717, 1.165) is 6.07 Å². The second-order valence-corrected chi connectivity index (χ2v) is 7.68. The third kappa shape index (κ3) is 4.31. The van der Waals surface area contributed by atoms with Crippen molar-refractivity contribution in [1.82, 2.24) is 4.57 Å². The van der Waals surface area contributed by atoms with Gasteiger partial charge in [0.25, 0.3) is 5.91 Å². The number of rotatable bonds is 6. The van der Waals surface area contributed by atoms with Gasteiger partial charge in [-0.2, -0.15) is 0 Å². The summed E-state index contributed by atoms with van der Waals surface area (Å²) in [6, 6.07) is 3.65. The van der Waals surface area contributed by atoms with Gasteiger partial charge in [0.1, 0.15) is 11.5 Å². The van der Waals surface area contributed by atoms with Crippen LogP contribution in [0.5, 0.6) is 0 Å². The standard InChI is InChI=1S/C23H22FN3O3/c1-8-23(4,5)12-18(28)21(29)19-13(2)20(27(7)14(19)3)22(30)26-15-9-10-16(24)17(11-15)25-6/h1,9-11H,12H2,2-5,7H3,(H,26,30). The van der Waals surface area contributed by atoms with Gasteiger partial charge < -0.3 is 9.88 Å². The van der Waals surface area contributed by atoms with E-state index in [-0.39, 0.29) is 29.1 Å². The van der Waals surface area contributed by atoms with Crippen LogP contribution >= 0.6 is 0 Å². The number of carbonyl (C=O) groups excluding carboxylic acids is 3. The van der Waals surface area contributed by atoms with Gasteiger partial charge in [-0.25, -0.2) is 9.24 Å². The fourth-order valence-corrected chi connectivity index (χ4v) is 3.17. The summed E-state index contributed by atoms with van der Waals surface area (Å²) in [4.78, 5) is 41.2. The van der Waals surface area contributed by atoms with Crippen LogP contribution in [0.25, 0.3) is 4.85 Å². The highest BCUT2D eigenvalue weighted by atomic mass is 19.1. The van der Waals surface area contributed by atoms with E-state index in [0.29, 0.717) is 11.3 Å². The lowest BCUT2D eigenvalue weighted by Gasteiger charge is -2.15. The topological polar surface area (TPSA) is 72.5 Å². The van der Waals surface area contributed by atoms with E-state index in [1.807, 2.05) is 0 Å². The van der Waals surface area contributed by atoms with Crippen LogP contribution in [-0.2, 0) is 11.8 Å². The highest BCUT2D eigenvalue weighted by molar-refractivity contribution is 6.44. The number of hydrogen-bond acceptors (Lipinski definition) is 3. The molecule has 1 N–H and O–H groups in total. The zero-order valence-corrected chi connectivity index (χ0v) is 17.5. The lowest BCUT2D eigenvalue weighted by atomic mass is 9.86. The number of amides is 1. The van der Waals surface area contributed by atoms with Crippen LogP contribution in [0.15, 0.2) is 18.2 Å². The number of Topliss-reactive ketones (excluding diaryl/α,β-unsaturated/α-hetero) is 2. The normalized spacial score (nSPS) is 10.8. The van der Waals surface area contributed by atoms with E-state index in [1.54, 1.807) is 34.7 Å². The Morgan fingerprint density at radius 2 is 1.93 bits per heavy atom. The van der Waals surface area contributed by atoms with Gasteiger partial charge in [-0.15, -0.1) is 12.3 Å². The van der Waals surface area contributed by atoms with Gasteiger partial charge in [0.2, 0.25) is 17.3 Å². The predicted octanol–water partition coefficient (Wildman–Crippen LogP) is 4.39. The van der Waals surface area contributed by atoms with E-state index < -0.39 is 28.7 Å². The molecule has 0 aliphatic heterocycles. The highest BCUT2D eigenvalue weighted by Gasteiger charge is 2.31. The molecule has 0 radical (unpaired) electrons. The van der Waals surface area contributed by atoms with Crippen molar-refractivity contribution in [2.75, 3.05) is 5.32 Å². The van der Waals surface area contributed by atoms with Crippen molar-refractivity contribution in [3.05, 3.63) is 57.9 Å². The average molecular weight is 407 g/mol. The minimum absolute atomic E-state index is 0.105. The van der Waals surface area contributed by atoms with Crippen molar-refractivity contribution in [3.63, 3.8) is 0 Å². The molecular weight excluding hydrogens is 385 g/mol. The minimum atomic E-state index is -0.757. The average Bonchev–Trinajstić information content (AvgIpc) is 2.91. The van der Waals surface area contributed by atoms with E-state index >= 15 is 0 Å². The predicted molar refractivity (Wildman–Crippen MR) is 112 cm³/mol. The van der Waals surface area contributed by atoms with E-state index in [2.05, 4.69) is 16.1 Å². The Morgan fingerprint density at radius 1 is 1.30 bits per heavy atom. The van der Waals surface area contributed by atoms with Crippen LogP contribution in [0.1, 0.15) is 52.4 Å². The summed E-state index contributed by atoms with van der Waals surface area (Å²) < 4.78 is 15.0. The maximum atomic E-state index is 13.5. The second kappa shape index (κ2) is 8.34. The largest absolute Gasteiger partial charge is 0.343 e. The van der Waals surface area contributed by atoms with E-state index in [9.17, 15) is 18.8 Å². The molecule has 0 aliphatic carbocycles. The number of benzene rings is 1. The lowest BCUT2D eigenvalue weighted by molar-refractivity contribution is -0.116. The van der Waals surface area contributed by atoms with Crippen LogP contribution in [0, 0.1) is 44.0 Å². The smallest absolute Gasteiger partial charge is 0.272 e. The first kappa shape index (κ1) is 22.6. The fraction of sp³-hybridized carbons (Fsp3) is 0.304. The number of carbonyl (C=O) groups is 3. The molecule has 1 heterocycles. The third-order valence-corrected chi connectivity index (χ3v) is 4.94. The van der Waals surface area contributed by atoms with Crippen LogP contribution in [0.3, 0.4) is 0 Å². The minimum Gasteiger partial charge on any atom is -0.343 e. The molecule has 7 heteroatoms. The number of aromatic nitrogens is 1. The Bertz CT molecular complexity index is 1140. The summed E-state index contributed by atoms with van der Waals surface area (Å²) >= 11 is 0. The van der Waals surface area contributed by atoms with Crippen molar-refractivity contribution in [1.29, 1.82) is 0 Å². The molecule has 0 aliphatic rings. The Kier molecular flexibility index (Phi) is 6.28. The van der Waals surface area contributed by atoms with Crippen molar-refractivity contribution >= 4 is 28.8 Å².